The molecule has 0 radical (unpaired) electrons. The lowest BCUT2D eigenvalue weighted by Crippen LogP contribution is -2.39. The molecule has 1 aliphatic heterocycles. The van der Waals surface area contributed by atoms with Crippen LogP contribution in [0.4, 0.5) is 0 Å². The number of allylic oxidation sites excluding steroid dienone is 2. The Hall–Kier alpha value is -2.88. The third kappa shape index (κ3) is 4.82. The second-order valence-electron chi connectivity index (χ2n) is 10.2. The van der Waals surface area contributed by atoms with Gasteiger partial charge in [0.15, 0.2) is 0 Å². The molecule has 2 aliphatic carbocycles. The van der Waals surface area contributed by atoms with E-state index in [4.69, 9.17) is 0 Å². The van der Waals surface area contributed by atoms with Gasteiger partial charge in [-0.3, -0.25) is 9.59 Å². The van der Waals surface area contributed by atoms with Crippen LogP contribution in [0.25, 0.3) is 0 Å². The Morgan fingerprint density at radius 1 is 0.971 bits per heavy atom. The number of benzene rings is 2. The van der Waals surface area contributed by atoms with E-state index >= 15 is 0 Å². The van der Waals surface area contributed by atoms with Gasteiger partial charge in [-0.25, -0.2) is 0 Å². The van der Waals surface area contributed by atoms with Crippen molar-refractivity contribution in [2.24, 2.45) is 5.92 Å². The fraction of sp³-hybridized carbons (Fsp3) is 0.467. The van der Waals surface area contributed by atoms with Crippen LogP contribution in [0.15, 0.2) is 54.2 Å². The highest BCUT2D eigenvalue weighted by atomic mass is 16.2. The van der Waals surface area contributed by atoms with E-state index in [2.05, 4.69) is 60.8 Å². The van der Waals surface area contributed by atoms with Crippen LogP contribution in [0.5, 0.6) is 0 Å². The Kier molecular flexibility index (Phi) is 6.85. The largest absolute Gasteiger partial charge is 0.345 e. The Labute approximate surface area is 203 Å². The molecular formula is C30H36N2O2. The number of carbonyl (C=O) groups excluding carboxylic acids is 2. The monoisotopic (exact) mass is 456 g/mol. The molecule has 0 saturated carbocycles. The van der Waals surface area contributed by atoms with Crippen LogP contribution in [-0.2, 0) is 22.4 Å². The first kappa shape index (κ1) is 22.9. The van der Waals surface area contributed by atoms with Crippen LogP contribution in [0.3, 0.4) is 0 Å². The molecule has 1 fully saturated rings. The summed E-state index contributed by atoms with van der Waals surface area (Å²) in [6, 6.07) is 14.9. The second-order valence-corrected chi connectivity index (χ2v) is 10.2. The van der Waals surface area contributed by atoms with Crippen molar-refractivity contribution in [1.82, 2.24) is 10.2 Å². The number of carbonyl (C=O) groups is 2. The van der Waals surface area contributed by atoms with E-state index in [1.54, 1.807) is 0 Å². The highest BCUT2D eigenvalue weighted by Gasteiger charge is 2.30. The van der Waals surface area contributed by atoms with E-state index in [0.717, 1.165) is 32.2 Å². The number of hydrogen-bond acceptors (Lipinski definition) is 2. The van der Waals surface area contributed by atoms with Crippen LogP contribution >= 0.6 is 0 Å². The number of hydrogen-bond donors (Lipinski definition) is 1. The van der Waals surface area contributed by atoms with Crippen molar-refractivity contribution in [3.63, 3.8) is 0 Å². The van der Waals surface area contributed by atoms with Crippen LogP contribution < -0.4 is 5.32 Å². The molecular weight excluding hydrogens is 420 g/mol. The summed E-state index contributed by atoms with van der Waals surface area (Å²) >= 11 is 0. The van der Waals surface area contributed by atoms with Gasteiger partial charge < -0.3 is 10.2 Å². The van der Waals surface area contributed by atoms with Crippen molar-refractivity contribution < 1.29 is 9.59 Å². The third-order valence-corrected chi connectivity index (χ3v) is 7.82. The summed E-state index contributed by atoms with van der Waals surface area (Å²) in [4.78, 5) is 28.1. The Morgan fingerprint density at radius 3 is 2.65 bits per heavy atom. The van der Waals surface area contributed by atoms with Gasteiger partial charge in [-0.05, 0) is 86.5 Å². The summed E-state index contributed by atoms with van der Waals surface area (Å²) in [7, 11) is 0. The van der Waals surface area contributed by atoms with E-state index in [1.807, 2.05) is 4.90 Å². The lowest BCUT2D eigenvalue weighted by atomic mass is 9.85. The Balaban J connectivity index is 1.24. The molecule has 2 atom stereocenters. The zero-order valence-corrected chi connectivity index (χ0v) is 20.3. The predicted octanol–water partition coefficient (Wildman–Crippen LogP) is 5.78. The fourth-order valence-electron chi connectivity index (χ4n) is 6.06. The van der Waals surface area contributed by atoms with Crippen LogP contribution in [0.1, 0.15) is 85.2 Å². The molecule has 0 bridgehead atoms. The fourth-order valence-corrected chi connectivity index (χ4v) is 6.06. The zero-order chi connectivity index (χ0) is 23.5. The zero-order valence-electron chi connectivity index (χ0n) is 20.3. The Morgan fingerprint density at radius 2 is 1.76 bits per heavy atom. The summed E-state index contributed by atoms with van der Waals surface area (Å²) in [5.41, 5.74) is 7.48. The SMILES string of the molecule is Cc1ccc2c(c1)C(NC(=O)CCCC(=O)N1CCCC3CCCC=C31)c1ccccc1CC2. The van der Waals surface area contributed by atoms with Crippen LogP contribution in [-0.4, -0.2) is 23.3 Å². The van der Waals surface area contributed by atoms with Gasteiger partial charge in [-0.15, -0.1) is 0 Å². The quantitative estimate of drug-likeness (QED) is 0.620. The molecule has 0 aromatic heterocycles. The molecule has 2 aromatic rings. The Bertz CT molecular complexity index is 1100. The molecule has 4 nitrogen and oxygen atoms in total. The maximum atomic E-state index is 13.1. The second kappa shape index (κ2) is 10.2. The number of fused-ring (bicyclic) bond motifs is 3. The summed E-state index contributed by atoms with van der Waals surface area (Å²) in [6.07, 6.45) is 11.5. The van der Waals surface area contributed by atoms with Crippen molar-refractivity contribution in [2.75, 3.05) is 6.54 Å². The van der Waals surface area contributed by atoms with Gasteiger partial charge in [-0.2, -0.15) is 0 Å². The molecule has 4 heteroatoms. The van der Waals surface area contributed by atoms with Crippen molar-refractivity contribution in [3.8, 4) is 0 Å². The van der Waals surface area contributed by atoms with Crippen molar-refractivity contribution >= 4 is 11.8 Å². The smallest absolute Gasteiger partial charge is 0.226 e. The average molecular weight is 457 g/mol. The number of nitrogens with one attached hydrogen (secondary N) is 1. The molecule has 2 unspecified atom stereocenters. The van der Waals surface area contributed by atoms with Crippen molar-refractivity contribution in [1.29, 1.82) is 0 Å². The molecule has 1 saturated heterocycles. The predicted molar refractivity (Wildman–Crippen MR) is 135 cm³/mol. The van der Waals surface area contributed by atoms with E-state index < -0.39 is 0 Å². The molecule has 34 heavy (non-hydrogen) atoms. The number of rotatable bonds is 5. The standard InChI is InChI=1S/C30H36N2O2/c1-21-15-16-23-18-17-22-8-2-4-11-25(22)30(26(23)20-21)31-28(33)13-6-14-29(34)32-19-7-10-24-9-3-5-12-27(24)32/h2,4,8,11-12,15-16,20,24,30H,3,5-7,9-10,13-14,17-19H2,1H3,(H,31,33). The highest BCUT2D eigenvalue weighted by Crippen LogP contribution is 2.36. The minimum absolute atomic E-state index is 0.0235. The lowest BCUT2D eigenvalue weighted by molar-refractivity contribution is -0.130. The maximum absolute atomic E-state index is 13.1. The van der Waals surface area contributed by atoms with Crippen molar-refractivity contribution in [3.05, 3.63) is 82.1 Å². The molecule has 178 valence electrons. The first-order valence-electron chi connectivity index (χ1n) is 13.1. The molecule has 5 rings (SSSR count). The first-order chi connectivity index (χ1) is 16.6. The van der Waals surface area contributed by atoms with E-state index in [1.165, 1.54) is 52.8 Å². The molecule has 2 amide bonds. The van der Waals surface area contributed by atoms with Crippen molar-refractivity contribution in [2.45, 2.75) is 77.2 Å². The summed E-state index contributed by atoms with van der Waals surface area (Å²) in [5, 5.41) is 3.32. The van der Waals surface area contributed by atoms with Crippen LogP contribution in [0, 0.1) is 12.8 Å². The van der Waals surface area contributed by atoms with Gasteiger partial charge in [0.1, 0.15) is 0 Å². The molecule has 3 aliphatic rings. The topological polar surface area (TPSA) is 49.4 Å². The van der Waals surface area contributed by atoms with Crippen LogP contribution in [0.2, 0.25) is 0 Å². The maximum Gasteiger partial charge on any atom is 0.226 e. The van der Waals surface area contributed by atoms with E-state index in [9.17, 15) is 9.59 Å². The van der Waals surface area contributed by atoms with Gasteiger partial charge in [-0.1, -0.05) is 54.1 Å². The van der Waals surface area contributed by atoms with Gasteiger partial charge in [0, 0.05) is 25.1 Å². The van der Waals surface area contributed by atoms with Gasteiger partial charge >= 0.3 is 0 Å². The molecule has 2 aromatic carbocycles. The normalized spacial score (nSPS) is 21.4. The number of aryl methyl sites for hydroxylation is 3. The van der Waals surface area contributed by atoms with Gasteiger partial charge in [0.05, 0.1) is 6.04 Å². The lowest BCUT2D eigenvalue weighted by Gasteiger charge is -2.38. The number of likely N-dealkylation sites (tertiary alicyclic amines) is 1. The summed E-state index contributed by atoms with van der Waals surface area (Å²) in [6.45, 7) is 2.94. The number of nitrogens with zero attached hydrogens (tertiary/aromatic N) is 1. The first-order valence-corrected chi connectivity index (χ1v) is 13.1. The minimum Gasteiger partial charge on any atom is -0.345 e. The third-order valence-electron chi connectivity index (χ3n) is 7.82. The highest BCUT2D eigenvalue weighted by molar-refractivity contribution is 5.80. The van der Waals surface area contributed by atoms with E-state index in [-0.39, 0.29) is 17.9 Å². The van der Waals surface area contributed by atoms with E-state index in [0.29, 0.717) is 25.2 Å². The minimum atomic E-state index is -0.132. The summed E-state index contributed by atoms with van der Waals surface area (Å²) in [5.74, 6) is 0.773. The molecule has 0 spiro atoms. The summed E-state index contributed by atoms with van der Waals surface area (Å²) < 4.78 is 0. The molecule has 1 heterocycles. The van der Waals surface area contributed by atoms with Gasteiger partial charge in [0.2, 0.25) is 11.8 Å². The molecule has 1 N–H and O–H groups in total. The number of piperidine rings is 1. The number of amides is 2. The average Bonchev–Trinajstić information content (AvgIpc) is 3.00. The van der Waals surface area contributed by atoms with Gasteiger partial charge in [0.25, 0.3) is 0 Å².